The number of carbonyl (C=O) groups excluding carboxylic acids is 1. The summed E-state index contributed by atoms with van der Waals surface area (Å²) in [7, 11) is -4.09. The van der Waals surface area contributed by atoms with Crippen molar-refractivity contribution in [1.82, 2.24) is 9.21 Å². The van der Waals surface area contributed by atoms with Crippen LogP contribution in [0.4, 0.5) is 18.9 Å². The van der Waals surface area contributed by atoms with Crippen LogP contribution in [0.15, 0.2) is 53.4 Å². The van der Waals surface area contributed by atoms with E-state index in [0.29, 0.717) is 26.2 Å². The van der Waals surface area contributed by atoms with Crippen molar-refractivity contribution in [3.63, 3.8) is 0 Å². The van der Waals surface area contributed by atoms with Gasteiger partial charge in [-0.05, 0) is 56.7 Å². The number of carbonyl (C=O) groups is 1. The Morgan fingerprint density at radius 3 is 2.00 bits per heavy atom. The standard InChI is InChI=1S/C24H30F3N3O3S/c1-18(31)28-13-15-29(16-14-28)20-9-11-21(12-10-20)34(32,33)30(23(2,3)4)17-19-7-5-6-8-22(19)24(25,26)27/h5-12H,13-17H2,1-4H3. The normalized spacial score (nSPS) is 15.6. The fraction of sp³-hybridized carbons (Fsp3) is 0.458. The number of alkyl halides is 3. The molecule has 1 fully saturated rings. The highest BCUT2D eigenvalue weighted by Gasteiger charge is 2.38. The topological polar surface area (TPSA) is 60.9 Å². The maximum atomic E-state index is 13.5. The summed E-state index contributed by atoms with van der Waals surface area (Å²) in [5, 5.41) is 0. The Morgan fingerprint density at radius 2 is 1.50 bits per heavy atom. The van der Waals surface area contributed by atoms with Gasteiger partial charge < -0.3 is 9.80 Å². The minimum atomic E-state index is -4.59. The van der Waals surface area contributed by atoms with Crippen LogP contribution in [0.5, 0.6) is 0 Å². The fourth-order valence-electron chi connectivity index (χ4n) is 4.01. The molecular formula is C24H30F3N3O3S. The van der Waals surface area contributed by atoms with Crippen molar-refractivity contribution in [1.29, 1.82) is 0 Å². The molecule has 1 aliphatic heterocycles. The Balaban J connectivity index is 1.87. The minimum absolute atomic E-state index is 0.0121. The number of amides is 1. The monoisotopic (exact) mass is 497 g/mol. The molecule has 1 amide bonds. The Bertz CT molecular complexity index is 1120. The third-order valence-corrected chi connectivity index (χ3v) is 8.02. The molecule has 0 saturated carbocycles. The number of halogens is 3. The molecular weight excluding hydrogens is 467 g/mol. The largest absolute Gasteiger partial charge is 0.416 e. The lowest BCUT2D eigenvalue weighted by Gasteiger charge is -2.36. The predicted molar refractivity (Wildman–Crippen MR) is 125 cm³/mol. The highest BCUT2D eigenvalue weighted by Crippen LogP contribution is 2.35. The lowest BCUT2D eigenvalue weighted by Crippen LogP contribution is -2.48. The average molecular weight is 498 g/mol. The summed E-state index contributed by atoms with van der Waals surface area (Å²) in [5.41, 5.74) is -1.08. The quantitative estimate of drug-likeness (QED) is 0.616. The number of hydrogen-bond donors (Lipinski definition) is 0. The van der Waals surface area contributed by atoms with Crippen LogP contribution in [0.1, 0.15) is 38.8 Å². The van der Waals surface area contributed by atoms with Crippen molar-refractivity contribution in [2.45, 2.75) is 50.9 Å². The first kappa shape index (κ1) is 26.0. The molecule has 2 aromatic carbocycles. The van der Waals surface area contributed by atoms with Crippen LogP contribution in [0.2, 0.25) is 0 Å². The van der Waals surface area contributed by atoms with Gasteiger partial charge in [0.2, 0.25) is 15.9 Å². The number of piperazine rings is 1. The van der Waals surface area contributed by atoms with Gasteiger partial charge in [-0.3, -0.25) is 4.79 Å². The Labute approximate surface area is 199 Å². The van der Waals surface area contributed by atoms with Crippen LogP contribution < -0.4 is 4.90 Å². The van der Waals surface area contributed by atoms with E-state index in [1.54, 1.807) is 37.8 Å². The Kier molecular flexibility index (Phi) is 7.33. The van der Waals surface area contributed by atoms with Crippen molar-refractivity contribution in [3.05, 3.63) is 59.7 Å². The number of hydrogen-bond acceptors (Lipinski definition) is 4. The van der Waals surface area contributed by atoms with Gasteiger partial charge in [0.1, 0.15) is 0 Å². The summed E-state index contributed by atoms with van der Waals surface area (Å²) in [4.78, 5) is 15.4. The summed E-state index contributed by atoms with van der Waals surface area (Å²) in [6, 6.07) is 11.4. The van der Waals surface area contributed by atoms with E-state index < -0.39 is 33.8 Å². The van der Waals surface area contributed by atoms with Gasteiger partial charge in [0.25, 0.3) is 0 Å². The zero-order chi connectivity index (χ0) is 25.3. The molecule has 0 spiro atoms. The first-order valence-electron chi connectivity index (χ1n) is 11.0. The molecule has 0 aromatic heterocycles. The van der Waals surface area contributed by atoms with Gasteiger partial charge in [-0.1, -0.05) is 18.2 Å². The van der Waals surface area contributed by atoms with Crippen molar-refractivity contribution < 1.29 is 26.4 Å². The SMILES string of the molecule is CC(=O)N1CCN(c2ccc(S(=O)(=O)N(Cc3ccccc3C(F)(F)F)C(C)(C)C)cc2)CC1. The third-order valence-electron chi connectivity index (χ3n) is 5.90. The second kappa shape index (κ2) is 9.58. The number of sulfonamides is 1. The van der Waals surface area contributed by atoms with E-state index in [9.17, 15) is 26.4 Å². The van der Waals surface area contributed by atoms with E-state index in [-0.39, 0.29) is 16.4 Å². The van der Waals surface area contributed by atoms with Gasteiger partial charge in [-0.15, -0.1) is 0 Å². The van der Waals surface area contributed by atoms with Gasteiger partial charge in [0.15, 0.2) is 0 Å². The number of nitrogens with zero attached hydrogens (tertiary/aromatic N) is 3. The van der Waals surface area contributed by atoms with E-state index >= 15 is 0 Å². The van der Waals surface area contributed by atoms with Gasteiger partial charge in [0, 0.05) is 50.9 Å². The lowest BCUT2D eigenvalue weighted by molar-refractivity contribution is -0.138. The molecule has 34 heavy (non-hydrogen) atoms. The van der Waals surface area contributed by atoms with Gasteiger partial charge >= 0.3 is 6.18 Å². The molecule has 186 valence electrons. The number of rotatable bonds is 5. The molecule has 0 aliphatic carbocycles. The van der Waals surface area contributed by atoms with Gasteiger partial charge in [0.05, 0.1) is 10.5 Å². The molecule has 1 aliphatic rings. The van der Waals surface area contributed by atoms with Crippen molar-refractivity contribution in [2.75, 3.05) is 31.1 Å². The van der Waals surface area contributed by atoms with Gasteiger partial charge in [-0.25, -0.2) is 8.42 Å². The predicted octanol–water partition coefficient (Wildman–Crippen LogP) is 4.36. The molecule has 2 aromatic rings. The molecule has 0 unspecified atom stereocenters. The summed E-state index contributed by atoms with van der Waals surface area (Å²) >= 11 is 0. The van der Waals surface area contributed by atoms with Crippen molar-refractivity contribution in [3.8, 4) is 0 Å². The van der Waals surface area contributed by atoms with Crippen LogP contribution in [-0.2, 0) is 27.5 Å². The second-order valence-electron chi connectivity index (χ2n) is 9.32. The maximum Gasteiger partial charge on any atom is 0.416 e. The fourth-order valence-corrected chi connectivity index (χ4v) is 5.77. The molecule has 0 N–H and O–H groups in total. The van der Waals surface area contributed by atoms with Crippen LogP contribution in [-0.4, -0.2) is 55.2 Å². The van der Waals surface area contributed by atoms with Crippen LogP contribution in [0.25, 0.3) is 0 Å². The summed E-state index contributed by atoms with van der Waals surface area (Å²) < 4.78 is 68.7. The van der Waals surface area contributed by atoms with E-state index in [1.807, 2.05) is 0 Å². The summed E-state index contributed by atoms with van der Waals surface area (Å²) in [6.45, 7) is 8.54. The first-order chi connectivity index (χ1) is 15.7. The molecule has 3 rings (SSSR count). The third kappa shape index (κ3) is 5.72. The first-order valence-corrected chi connectivity index (χ1v) is 12.4. The smallest absolute Gasteiger partial charge is 0.368 e. The molecule has 1 heterocycles. The van der Waals surface area contributed by atoms with E-state index in [1.165, 1.54) is 37.3 Å². The Hall–Kier alpha value is -2.59. The lowest BCUT2D eigenvalue weighted by atomic mass is 10.0. The molecule has 1 saturated heterocycles. The van der Waals surface area contributed by atoms with Crippen molar-refractivity contribution >= 4 is 21.6 Å². The number of benzene rings is 2. The van der Waals surface area contributed by atoms with Crippen LogP contribution >= 0.6 is 0 Å². The molecule has 0 atom stereocenters. The van der Waals surface area contributed by atoms with E-state index in [0.717, 1.165) is 16.1 Å². The Morgan fingerprint density at radius 1 is 0.941 bits per heavy atom. The van der Waals surface area contributed by atoms with Crippen LogP contribution in [0, 0.1) is 0 Å². The van der Waals surface area contributed by atoms with E-state index in [4.69, 9.17) is 0 Å². The maximum absolute atomic E-state index is 13.5. The average Bonchev–Trinajstić information content (AvgIpc) is 2.76. The molecule has 0 radical (unpaired) electrons. The van der Waals surface area contributed by atoms with E-state index in [2.05, 4.69) is 4.90 Å². The highest BCUT2D eigenvalue weighted by atomic mass is 32.2. The van der Waals surface area contributed by atoms with Gasteiger partial charge in [-0.2, -0.15) is 17.5 Å². The molecule has 10 heteroatoms. The summed E-state index contributed by atoms with van der Waals surface area (Å²) in [6.07, 6.45) is -4.59. The van der Waals surface area contributed by atoms with Crippen LogP contribution in [0.3, 0.4) is 0 Å². The minimum Gasteiger partial charge on any atom is -0.368 e. The second-order valence-corrected chi connectivity index (χ2v) is 11.2. The molecule has 6 nitrogen and oxygen atoms in total. The van der Waals surface area contributed by atoms with Crippen molar-refractivity contribution in [2.24, 2.45) is 0 Å². The molecule has 0 bridgehead atoms. The zero-order valence-corrected chi connectivity index (χ0v) is 20.6. The summed E-state index contributed by atoms with van der Waals surface area (Å²) in [5.74, 6) is 0.0236. The number of anilines is 1. The highest BCUT2D eigenvalue weighted by molar-refractivity contribution is 7.89. The zero-order valence-electron chi connectivity index (χ0n) is 19.8.